The number of nitrogens with one attached hydrogen (secondary N) is 2. The standard InChI is InChI=1S/C35H36N2/c1-24-21-29-15-10-16-30(31(29)22-25(24)2)26-17-19-35(3,20-18-26)33-23-32(27-11-6-4-7-12-27)36-34(37-33)28-13-8-5-9-14-28/h4-8,10-13,15-19,21-23,33-34,36-37H,9,14,20H2,1-3H3/t33-,34?,35?/m1/s1. The average molecular weight is 485 g/mol. The van der Waals surface area contributed by atoms with E-state index in [2.05, 4.69) is 135 Å². The molecule has 0 amide bonds. The van der Waals surface area contributed by atoms with Crippen LogP contribution in [0.4, 0.5) is 0 Å². The molecule has 186 valence electrons. The maximum Gasteiger partial charge on any atom is 0.0999 e. The van der Waals surface area contributed by atoms with Crippen LogP contribution in [-0.4, -0.2) is 12.2 Å². The molecule has 0 fully saturated rings. The van der Waals surface area contributed by atoms with Gasteiger partial charge in [0.2, 0.25) is 0 Å². The molecule has 3 aromatic rings. The van der Waals surface area contributed by atoms with E-state index in [-0.39, 0.29) is 17.6 Å². The van der Waals surface area contributed by atoms with Gasteiger partial charge in [0.25, 0.3) is 0 Å². The summed E-state index contributed by atoms with van der Waals surface area (Å²) in [4.78, 5) is 0. The zero-order valence-corrected chi connectivity index (χ0v) is 22.1. The van der Waals surface area contributed by atoms with Crippen LogP contribution in [0.5, 0.6) is 0 Å². The summed E-state index contributed by atoms with van der Waals surface area (Å²) < 4.78 is 0. The van der Waals surface area contributed by atoms with Gasteiger partial charge >= 0.3 is 0 Å². The topological polar surface area (TPSA) is 24.1 Å². The Morgan fingerprint density at radius 3 is 2.54 bits per heavy atom. The van der Waals surface area contributed by atoms with Crippen molar-refractivity contribution in [2.75, 3.05) is 0 Å². The smallest absolute Gasteiger partial charge is 0.0999 e. The molecule has 2 aliphatic carbocycles. The Morgan fingerprint density at radius 1 is 0.946 bits per heavy atom. The number of hydrogen-bond acceptors (Lipinski definition) is 2. The molecule has 3 atom stereocenters. The summed E-state index contributed by atoms with van der Waals surface area (Å²) in [5, 5.41) is 10.4. The van der Waals surface area contributed by atoms with Gasteiger partial charge in [-0.15, -0.1) is 0 Å². The van der Waals surface area contributed by atoms with Crippen molar-refractivity contribution in [1.29, 1.82) is 0 Å². The van der Waals surface area contributed by atoms with Crippen LogP contribution in [0.3, 0.4) is 0 Å². The van der Waals surface area contributed by atoms with Gasteiger partial charge in [0.1, 0.15) is 0 Å². The van der Waals surface area contributed by atoms with Crippen molar-refractivity contribution in [2.45, 2.75) is 52.2 Å². The van der Waals surface area contributed by atoms with Crippen molar-refractivity contribution in [1.82, 2.24) is 10.6 Å². The third-order valence-corrected chi connectivity index (χ3v) is 8.40. The Hall–Kier alpha value is -3.62. The highest BCUT2D eigenvalue weighted by atomic mass is 15.2. The lowest BCUT2D eigenvalue weighted by Crippen LogP contribution is -2.56. The van der Waals surface area contributed by atoms with Crippen LogP contribution in [0, 0.1) is 19.3 Å². The third-order valence-electron chi connectivity index (χ3n) is 8.40. The van der Waals surface area contributed by atoms with Crippen molar-refractivity contribution < 1.29 is 0 Å². The maximum atomic E-state index is 3.96. The molecule has 2 N–H and O–H groups in total. The first-order chi connectivity index (χ1) is 18.0. The average Bonchev–Trinajstić information content (AvgIpc) is 2.95. The molecule has 2 heteroatoms. The van der Waals surface area contributed by atoms with Crippen LogP contribution in [0.25, 0.3) is 22.0 Å². The van der Waals surface area contributed by atoms with E-state index in [1.165, 1.54) is 49.9 Å². The van der Waals surface area contributed by atoms with Gasteiger partial charge in [-0.2, -0.15) is 0 Å². The van der Waals surface area contributed by atoms with Crippen molar-refractivity contribution in [3.8, 4) is 0 Å². The van der Waals surface area contributed by atoms with Gasteiger partial charge in [0.05, 0.1) is 6.17 Å². The SMILES string of the molecule is Cc1cc2cccc(C3=CCC(C)([C@H]4C=C(c5ccccc5)NC(C5=CC=CCC5)N4)C=C3)c2cc1C. The van der Waals surface area contributed by atoms with Crippen LogP contribution in [0.1, 0.15) is 48.4 Å². The second-order valence-electron chi connectivity index (χ2n) is 11.0. The van der Waals surface area contributed by atoms with E-state index in [4.69, 9.17) is 0 Å². The molecule has 0 saturated carbocycles. The predicted octanol–water partition coefficient (Wildman–Crippen LogP) is 8.01. The summed E-state index contributed by atoms with van der Waals surface area (Å²) in [6, 6.07) is 22.3. The van der Waals surface area contributed by atoms with Gasteiger partial charge in [0.15, 0.2) is 0 Å². The molecule has 0 aromatic heterocycles. The molecule has 6 rings (SSSR count). The number of benzene rings is 3. The zero-order valence-electron chi connectivity index (χ0n) is 22.1. The minimum atomic E-state index is -0.0218. The molecule has 0 radical (unpaired) electrons. The van der Waals surface area contributed by atoms with Gasteiger partial charge in [-0.05, 0) is 83.4 Å². The Bertz CT molecular complexity index is 1480. The van der Waals surface area contributed by atoms with Gasteiger partial charge in [-0.1, -0.05) is 104 Å². The lowest BCUT2D eigenvalue weighted by Gasteiger charge is -2.43. The molecule has 0 spiro atoms. The number of aryl methyl sites for hydroxylation is 2. The Balaban J connectivity index is 1.33. The predicted molar refractivity (Wildman–Crippen MR) is 158 cm³/mol. The van der Waals surface area contributed by atoms with Crippen molar-refractivity contribution >= 4 is 22.0 Å². The highest BCUT2D eigenvalue weighted by Gasteiger charge is 2.36. The van der Waals surface area contributed by atoms with Crippen LogP contribution in [0.2, 0.25) is 0 Å². The molecule has 3 aromatic carbocycles. The minimum absolute atomic E-state index is 0.0218. The molecule has 3 aliphatic rings. The Labute approximate surface area is 221 Å². The van der Waals surface area contributed by atoms with Crippen LogP contribution in [-0.2, 0) is 0 Å². The van der Waals surface area contributed by atoms with E-state index in [0.29, 0.717) is 0 Å². The fraction of sp³-hybridized carbons (Fsp3) is 0.257. The summed E-state index contributed by atoms with van der Waals surface area (Å²) in [5.74, 6) is 0. The van der Waals surface area contributed by atoms with E-state index in [1.807, 2.05) is 0 Å². The fourth-order valence-corrected chi connectivity index (χ4v) is 5.85. The molecule has 2 nitrogen and oxygen atoms in total. The van der Waals surface area contributed by atoms with E-state index < -0.39 is 0 Å². The highest BCUT2D eigenvalue weighted by molar-refractivity contribution is 5.97. The van der Waals surface area contributed by atoms with Crippen molar-refractivity contribution in [2.24, 2.45) is 5.41 Å². The van der Waals surface area contributed by atoms with E-state index in [1.54, 1.807) is 0 Å². The number of hydrogen-bond donors (Lipinski definition) is 2. The summed E-state index contributed by atoms with van der Waals surface area (Å²) in [7, 11) is 0. The first kappa shape index (κ1) is 23.8. The van der Waals surface area contributed by atoms with Gasteiger partial charge < -0.3 is 5.32 Å². The zero-order chi connectivity index (χ0) is 25.4. The second kappa shape index (κ2) is 9.68. The molecule has 0 bridgehead atoms. The molecular formula is C35H36N2. The highest BCUT2D eigenvalue weighted by Crippen LogP contribution is 2.40. The van der Waals surface area contributed by atoms with Crippen LogP contribution < -0.4 is 10.6 Å². The van der Waals surface area contributed by atoms with Gasteiger partial charge in [-0.25, -0.2) is 0 Å². The van der Waals surface area contributed by atoms with Gasteiger partial charge in [0, 0.05) is 17.2 Å². The summed E-state index contributed by atoms with van der Waals surface area (Å²) in [5.41, 5.74) is 9.21. The maximum absolute atomic E-state index is 3.96. The fourth-order valence-electron chi connectivity index (χ4n) is 5.85. The molecule has 1 aliphatic heterocycles. The monoisotopic (exact) mass is 484 g/mol. The van der Waals surface area contributed by atoms with E-state index >= 15 is 0 Å². The largest absolute Gasteiger partial charge is 0.366 e. The first-order valence-electron chi connectivity index (χ1n) is 13.6. The number of allylic oxidation sites excluding steroid dienone is 6. The number of rotatable bonds is 4. The first-order valence-corrected chi connectivity index (χ1v) is 13.6. The third kappa shape index (κ3) is 4.63. The molecular weight excluding hydrogens is 448 g/mol. The normalized spacial score (nSPS) is 25.3. The lowest BCUT2D eigenvalue weighted by atomic mass is 9.73. The van der Waals surface area contributed by atoms with E-state index in [9.17, 15) is 0 Å². The summed E-state index contributed by atoms with van der Waals surface area (Å²) in [6.07, 6.45) is 19.7. The quantitative estimate of drug-likeness (QED) is 0.392. The molecule has 1 heterocycles. The Kier molecular flexibility index (Phi) is 6.22. The molecule has 2 unspecified atom stereocenters. The van der Waals surface area contributed by atoms with E-state index in [0.717, 1.165) is 19.3 Å². The minimum Gasteiger partial charge on any atom is -0.366 e. The van der Waals surface area contributed by atoms with Crippen LogP contribution >= 0.6 is 0 Å². The van der Waals surface area contributed by atoms with Crippen molar-refractivity contribution in [3.63, 3.8) is 0 Å². The second-order valence-corrected chi connectivity index (χ2v) is 11.0. The Morgan fingerprint density at radius 2 is 1.78 bits per heavy atom. The van der Waals surface area contributed by atoms with Crippen molar-refractivity contribution in [3.05, 3.63) is 131 Å². The lowest BCUT2D eigenvalue weighted by molar-refractivity contribution is 0.292. The molecule has 37 heavy (non-hydrogen) atoms. The summed E-state index contributed by atoms with van der Waals surface area (Å²) >= 11 is 0. The van der Waals surface area contributed by atoms with Gasteiger partial charge in [-0.3, -0.25) is 5.32 Å². The van der Waals surface area contributed by atoms with Crippen LogP contribution in [0.15, 0.2) is 109 Å². The molecule has 0 saturated heterocycles. The number of fused-ring (bicyclic) bond motifs is 1. The summed E-state index contributed by atoms with van der Waals surface area (Å²) in [6.45, 7) is 6.80.